The molecule has 0 saturated heterocycles. The summed E-state index contributed by atoms with van der Waals surface area (Å²) in [5.41, 5.74) is 0.279. The number of methoxy groups -OCH3 is 2. The van der Waals surface area contributed by atoms with Crippen molar-refractivity contribution in [2.45, 2.75) is 70.5 Å². The average Bonchev–Trinajstić information content (AvgIpc) is 3.23. The van der Waals surface area contributed by atoms with Gasteiger partial charge in [-0.05, 0) is 51.3 Å². The highest BCUT2D eigenvalue weighted by Gasteiger charge is 2.48. The van der Waals surface area contributed by atoms with Gasteiger partial charge in [0.25, 0.3) is 5.91 Å². The highest BCUT2D eigenvalue weighted by molar-refractivity contribution is 6.05. The molecule has 0 bridgehead atoms. The molecule has 0 radical (unpaired) electrons. The van der Waals surface area contributed by atoms with Gasteiger partial charge in [0.1, 0.15) is 22.7 Å². The lowest BCUT2D eigenvalue weighted by Gasteiger charge is -2.45. The predicted octanol–water partition coefficient (Wildman–Crippen LogP) is 3.75. The normalized spacial score (nSPS) is 20.9. The quantitative estimate of drug-likeness (QED) is 0.564. The van der Waals surface area contributed by atoms with Gasteiger partial charge in [0, 0.05) is 31.2 Å². The SMILES string of the molecule is CCOCCCN1C(=O)c2cc3c(OC)ccc(OC)c3n2C[C@@]1(C)C(=O)NC1CCCCC1. The van der Waals surface area contributed by atoms with E-state index in [2.05, 4.69) is 5.32 Å². The van der Waals surface area contributed by atoms with Gasteiger partial charge in [0.05, 0.1) is 26.3 Å². The molecule has 1 aromatic heterocycles. The van der Waals surface area contributed by atoms with E-state index in [1.165, 1.54) is 6.42 Å². The second kappa shape index (κ2) is 10.3. The van der Waals surface area contributed by atoms with Gasteiger partial charge < -0.3 is 29.0 Å². The minimum Gasteiger partial charge on any atom is -0.496 e. The molecule has 0 unspecified atom stereocenters. The molecule has 8 nitrogen and oxygen atoms in total. The van der Waals surface area contributed by atoms with Crippen LogP contribution >= 0.6 is 0 Å². The predicted molar refractivity (Wildman–Crippen MR) is 131 cm³/mol. The Morgan fingerprint density at radius 1 is 1.15 bits per heavy atom. The lowest BCUT2D eigenvalue weighted by molar-refractivity contribution is -0.133. The summed E-state index contributed by atoms with van der Waals surface area (Å²) in [5, 5.41) is 4.07. The van der Waals surface area contributed by atoms with Crippen molar-refractivity contribution in [2.24, 2.45) is 0 Å². The summed E-state index contributed by atoms with van der Waals surface area (Å²) in [5.74, 6) is 1.05. The highest BCUT2D eigenvalue weighted by Crippen LogP contribution is 2.40. The average molecular weight is 472 g/mol. The van der Waals surface area contributed by atoms with Crippen LogP contribution in [-0.2, 0) is 16.1 Å². The first-order valence-corrected chi connectivity index (χ1v) is 12.4. The maximum atomic E-state index is 13.9. The molecule has 2 heterocycles. The molecule has 186 valence electrons. The van der Waals surface area contributed by atoms with Gasteiger partial charge in [-0.2, -0.15) is 0 Å². The molecule has 2 aliphatic rings. The summed E-state index contributed by atoms with van der Waals surface area (Å²) in [4.78, 5) is 29.4. The molecular weight excluding hydrogens is 434 g/mol. The van der Waals surface area contributed by atoms with Gasteiger partial charge >= 0.3 is 0 Å². The summed E-state index contributed by atoms with van der Waals surface area (Å²) >= 11 is 0. The van der Waals surface area contributed by atoms with Crippen LogP contribution in [0.5, 0.6) is 11.5 Å². The van der Waals surface area contributed by atoms with Gasteiger partial charge in [-0.1, -0.05) is 19.3 Å². The van der Waals surface area contributed by atoms with Crippen molar-refractivity contribution in [3.63, 3.8) is 0 Å². The number of nitrogens with one attached hydrogen (secondary N) is 1. The second-order valence-corrected chi connectivity index (χ2v) is 9.44. The first-order chi connectivity index (χ1) is 16.4. The van der Waals surface area contributed by atoms with Crippen LogP contribution in [0, 0.1) is 0 Å². The van der Waals surface area contributed by atoms with Gasteiger partial charge in [0.2, 0.25) is 5.91 Å². The zero-order chi connectivity index (χ0) is 24.3. The van der Waals surface area contributed by atoms with Crippen molar-refractivity contribution in [2.75, 3.05) is 34.0 Å². The van der Waals surface area contributed by atoms with E-state index >= 15 is 0 Å². The second-order valence-electron chi connectivity index (χ2n) is 9.44. The molecule has 0 spiro atoms. The number of fused-ring (bicyclic) bond motifs is 3. The number of carbonyl (C=O) groups excluding carboxylic acids is 2. The number of amides is 2. The van der Waals surface area contributed by atoms with Crippen LogP contribution in [-0.4, -0.2) is 66.8 Å². The number of ether oxygens (including phenoxy) is 3. The van der Waals surface area contributed by atoms with Crippen molar-refractivity contribution in [1.29, 1.82) is 0 Å². The summed E-state index contributed by atoms with van der Waals surface area (Å²) < 4.78 is 18.6. The van der Waals surface area contributed by atoms with E-state index in [0.717, 1.165) is 36.6 Å². The molecule has 1 saturated carbocycles. The number of aromatic nitrogens is 1. The van der Waals surface area contributed by atoms with Gasteiger partial charge in [-0.25, -0.2) is 0 Å². The van der Waals surface area contributed by atoms with Crippen LogP contribution in [0.15, 0.2) is 18.2 Å². The van der Waals surface area contributed by atoms with Gasteiger partial charge in [-0.15, -0.1) is 0 Å². The van der Waals surface area contributed by atoms with Gasteiger partial charge in [0.15, 0.2) is 0 Å². The van der Waals surface area contributed by atoms with E-state index in [1.54, 1.807) is 19.1 Å². The van der Waals surface area contributed by atoms with Crippen molar-refractivity contribution >= 4 is 22.7 Å². The topological polar surface area (TPSA) is 82.0 Å². The largest absolute Gasteiger partial charge is 0.496 e. The van der Waals surface area contributed by atoms with Crippen LogP contribution in [0.4, 0.5) is 0 Å². The van der Waals surface area contributed by atoms with E-state index in [1.807, 2.05) is 36.6 Å². The molecule has 1 atom stereocenters. The first-order valence-electron chi connectivity index (χ1n) is 12.4. The zero-order valence-corrected chi connectivity index (χ0v) is 20.8. The Bertz CT molecular complexity index is 1040. The number of carbonyl (C=O) groups is 2. The van der Waals surface area contributed by atoms with Crippen LogP contribution in [0.2, 0.25) is 0 Å². The fourth-order valence-corrected chi connectivity index (χ4v) is 5.36. The molecule has 2 amide bonds. The Hall–Kier alpha value is -2.74. The van der Waals surface area contributed by atoms with Crippen LogP contribution in [0.25, 0.3) is 10.9 Å². The summed E-state index contributed by atoms with van der Waals surface area (Å²) in [6, 6.07) is 5.70. The van der Waals surface area contributed by atoms with E-state index in [-0.39, 0.29) is 17.9 Å². The standard InChI is InChI=1S/C26H37N3O5/c1-5-34-15-9-14-29-24(30)20-16-19-21(32-3)12-13-22(33-4)23(19)28(20)17-26(29,2)25(31)27-18-10-7-6-8-11-18/h12-13,16,18H,5-11,14-15,17H2,1-4H3,(H,27,31)/t26-/m0/s1. The molecule has 2 aromatic rings. The van der Waals surface area contributed by atoms with Crippen LogP contribution < -0.4 is 14.8 Å². The Morgan fingerprint density at radius 2 is 1.85 bits per heavy atom. The lowest BCUT2D eigenvalue weighted by atomic mass is 9.91. The fraction of sp³-hybridized carbons (Fsp3) is 0.615. The van der Waals surface area contributed by atoms with Crippen LogP contribution in [0.3, 0.4) is 0 Å². The Kier molecular flexibility index (Phi) is 7.36. The molecule has 4 rings (SSSR count). The lowest BCUT2D eigenvalue weighted by Crippen LogP contribution is -2.65. The summed E-state index contributed by atoms with van der Waals surface area (Å²) in [6.07, 6.45) is 6.11. The van der Waals surface area contributed by atoms with Crippen molar-refractivity contribution in [3.8, 4) is 11.5 Å². The number of nitrogens with zero attached hydrogens (tertiary/aromatic N) is 2. The minimum absolute atomic E-state index is 0.0986. The number of rotatable bonds is 9. The Balaban J connectivity index is 1.75. The molecule has 8 heteroatoms. The van der Waals surface area contributed by atoms with E-state index < -0.39 is 5.54 Å². The third-order valence-corrected chi connectivity index (χ3v) is 7.25. The van der Waals surface area contributed by atoms with Crippen molar-refractivity contribution < 1.29 is 23.8 Å². The number of hydrogen-bond acceptors (Lipinski definition) is 5. The first kappa shape index (κ1) is 24.4. The molecule has 1 N–H and O–H groups in total. The van der Waals surface area contributed by atoms with Crippen molar-refractivity contribution in [1.82, 2.24) is 14.8 Å². The number of hydrogen-bond donors (Lipinski definition) is 1. The van der Waals surface area contributed by atoms with E-state index in [0.29, 0.717) is 49.9 Å². The summed E-state index contributed by atoms with van der Waals surface area (Å²) in [7, 11) is 3.22. The smallest absolute Gasteiger partial charge is 0.271 e. The maximum Gasteiger partial charge on any atom is 0.271 e. The molecular formula is C26H37N3O5. The highest BCUT2D eigenvalue weighted by atomic mass is 16.5. The zero-order valence-electron chi connectivity index (χ0n) is 20.8. The molecule has 1 aliphatic heterocycles. The van der Waals surface area contributed by atoms with E-state index in [9.17, 15) is 9.59 Å². The monoisotopic (exact) mass is 471 g/mol. The minimum atomic E-state index is -1.03. The molecule has 1 aromatic carbocycles. The third kappa shape index (κ3) is 4.35. The van der Waals surface area contributed by atoms with Crippen LogP contribution in [0.1, 0.15) is 62.9 Å². The Morgan fingerprint density at radius 3 is 2.53 bits per heavy atom. The Labute approximate surface area is 201 Å². The fourth-order valence-electron chi connectivity index (χ4n) is 5.36. The molecule has 1 fully saturated rings. The third-order valence-electron chi connectivity index (χ3n) is 7.25. The maximum absolute atomic E-state index is 13.9. The van der Waals surface area contributed by atoms with E-state index in [4.69, 9.17) is 14.2 Å². The summed E-state index contributed by atoms with van der Waals surface area (Å²) in [6.45, 7) is 5.79. The number of benzene rings is 1. The molecule has 34 heavy (non-hydrogen) atoms. The van der Waals surface area contributed by atoms with Crippen molar-refractivity contribution in [3.05, 3.63) is 23.9 Å². The molecule has 1 aliphatic carbocycles. The van der Waals surface area contributed by atoms with Gasteiger partial charge in [-0.3, -0.25) is 9.59 Å².